The van der Waals surface area contributed by atoms with Crippen molar-refractivity contribution in [1.29, 1.82) is 0 Å². The Morgan fingerprint density at radius 3 is 2.90 bits per heavy atom. The fourth-order valence-corrected chi connectivity index (χ4v) is 3.55. The van der Waals surface area contributed by atoms with Crippen LogP contribution < -0.4 is 15.4 Å². The summed E-state index contributed by atoms with van der Waals surface area (Å²) in [7, 11) is 1.78. The molecule has 1 aromatic rings. The molecule has 3 rings (SSSR count). The summed E-state index contributed by atoms with van der Waals surface area (Å²) in [6, 6.07) is 4.02. The normalized spacial score (nSPS) is 19.8. The molecule has 1 aliphatic carbocycles. The summed E-state index contributed by atoms with van der Waals surface area (Å²) >= 11 is 0. The number of aromatic nitrogens is 1. The summed E-state index contributed by atoms with van der Waals surface area (Å²) in [6.45, 7) is 4.79. The molecule has 1 saturated carbocycles. The quantitative estimate of drug-likeness (QED) is 0.215. The molecule has 0 spiro atoms. The monoisotopic (exact) mass is 518 g/mol. The lowest BCUT2D eigenvalue weighted by atomic mass is 10.1. The van der Waals surface area contributed by atoms with Crippen molar-refractivity contribution in [3.63, 3.8) is 0 Å². The number of halogens is 1. The molecule has 1 aliphatic heterocycles. The van der Waals surface area contributed by atoms with Crippen LogP contribution in [-0.4, -0.2) is 57.1 Å². The number of guanidine groups is 1. The topological polar surface area (TPSA) is 77.0 Å². The van der Waals surface area contributed by atoms with Crippen molar-refractivity contribution < 1.29 is 14.2 Å². The highest BCUT2D eigenvalue weighted by Crippen LogP contribution is 2.23. The zero-order valence-corrected chi connectivity index (χ0v) is 19.7. The first kappa shape index (κ1) is 24.1. The predicted octanol–water partition coefficient (Wildman–Crippen LogP) is 3.13. The van der Waals surface area contributed by atoms with Gasteiger partial charge in [-0.3, -0.25) is 4.99 Å². The van der Waals surface area contributed by atoms with Gasteiger partial charge in [-0.2, -0.15) is 0 Å². The van der Waals surface area contributed by atoms with E-state index in [0.29, 0.717) is 18.6 Å². The van der Waals surface area contributed by atoms with Crippen LogP contribution in [0.3, 0.4) is 0 Å². The Bertz CT molecular complexity index is 605. The summed E-state index contributed by atoms with van der Waals surface area (Å²) in [5.74, 6) is 2.09. The third kappa shape index (κ3) is 9.04. The molecule has 2 aliphatic rings. The number of pyridine rings is 1. The van der Waals surface area contributed by atoms with Gasteiger partial charge < -0.3 is 24.8 Å². The lowest BCUT2D eigenvalue weighted by Gasteiger charge is -2.14. The van der Waals surface area contributed by atoms with E-state index in [1.165, 1.54) is 12.8 Å². The van der Waals surface area contributed by atoms with Gasteiger partial charge in [0.05, 0.1) is 13.2 Å². The Kier molecular flexibility index (Phi) is 11.6. The standard InChI is InChI=1S/C21H34N4O3.HI/c1-22-21(24-9-4-11-26-15-18-8-12-27-16-18)25-14-17-7-10-23-20(13-17)28-19-5-2-3-6-19;/h7,10,13,18-19H,2-6,8-9,11-12,14-16H2,1H3,(H2,22,24,25);1H. The molecule has 2 N–H and O–H groups in total. The van der Waals surface area contributed by atoms with Crippen LogP contribution in [-0.2, 0) is 16.0 Å². The second-order valence-electron chi connectivity index (χ2n) is 7.54. The van der Waals surface area contributed by atoms with Gasteiger partial charge in [0.15, 0.2) is 5.96 Å². The lowest BCUT2D eigenvalue weighted by Crippen LogP contribution is -2.37. The van der Waals surface area contributed by atoms with E-state index in [9.17, 15) is 0 Å². The van der Waals surface area contributed by atoms with E-state index in [2.05, 4.69) is 20.6 Å². The highest BCUT2D eigenvalue weighted by Gasteiger charge is 2.17. The summed E-state index contributed by atoms with van der Waals surface area (Å²) in [6.07, 6.45) is 9.00. The molecule has 0 amide bonds. The number of ether oxygens (including phenoxy) is 3. The van der Waals surface area contributed by atoms with Gasteiger partial charge in [-0.15, -0.1) is 24.0 Å². The third-order valence-corrected chi connectivity index (χ3v) is 5.21. The zero-order valence-electron chi connectivity index (χ0n) is 17.4. The van der Waals surface area contributed by atoms with E-state index < -0.39 is 0 Å². The van der Waals surface area contributed by atoms with Crippen LogP contribution in [0.4, 0.5) is 0 Å². The fourth-order valence-electron chi connectivity index (χ4n) is 3.55. The Balaban J connectivity index is 0.00000300. The molecule has 2 fully saturated rings. The van der Waals surface area contributed by atoms with Crippen molar-refractivity contribution in [2.24, 2.45) is 10.9 Å². The van der Waals surface area contributed by atoms with E-state index in [1.807, 2.05) is 18.3 Å². The van der Waals surface area contributed by atoms with Gasteiger partial charge in [-0.05, 0) is 50.2 Å². The van der Waals surface area contributed by atoms with Crippen LogP contribution in [0.5, 0.6) is 5.88 Å². The SMILES string of the molecule is CN=C(NCCCOCC1CCOC1)NCc1ccnc(OC2CCCC2)c1.I. The first-order valence-electron chi connectivity index (χ1n) is 10.5. The Morgan fingerprint density at radius 1 is 1.28 bits per heavy atom. The molecule has 2 heterocycles. The second kappa shape index (κ2) is 14.0. The molecule has 0 aromatic carbocycles. The van der Waals surface area contributed by atoms with Gasteiger partial charge in [0.1, 0.15) is 6.10 Å². The van der Waals surface area contributed by atoms with E-state index in [-0.39, 0.29) is 24.0 Å². The van der Waals surface area contributed by atoms with Crippen LogP contribution in [0.25, 0.3) is 0 Å². The Labute approximate surface area is 191 Å². The van der Waals surface area contributed by atoms with E-state index in [4.69, 9.17) is 14.2 Å². The molecular formula is C21H35IN4O3. The molecule has 0 radical (unpaired) electrons. The number of aliphatic imine (C=N–C) groups is 1. The maximum absolute atomic E-state index is 5.98. The molecule has 1 atom stereocenters. The molecule has 0 bridgehead atoms. The summed E-state index contributed by atoms with van der Waals surface area (Å²) in [5, 5.41) is 6.67. The maximum atomic E-state index is 5.98. The first-order chi connectivity index (χ1) is 13.8. The number of nitrogens with one attached hydrogen (secondary N) is 2. The van der Waals surface area contributed by atoms with Crippen LogP contribution in [0, 0.1) is 5.92 Å². The largest absolute Gasteiger partial charge is 0.474 e. The maximum Gasteiger partial charge on any atom is 0.213 e. The van der Waals surface area contributed by atoms with Gasteiger partial charge in [0.25, 0.3) is 0 Å². The smallest absolute Gasteiger partial charge is 0.213 e. The van der Waals surface area contributed by atoms with Crippen molar-refractivity contribution >= 4 is 29.9 Å². The van der Waals surface area contributed by atoms with E-state index >= 15 is 0 Å². The third-order valence-electron chi connectivity index (χ3n) is 5.21. The van der Waals surface area contributed by atoms with Gasteiger partial charge in [-0.25, -0.2) is 4.98 Å². The van der Waals surface area contributed by atoms with Crippen LogP contribution in [0.1, 0.15) is 44.1 Å². The zero-order chi connectivity index (χ0) is 19.4. The molecule has 8 heteroatoms. The van der Waals surface area contributed by atoms with E-state index in [0.717, 1.165) is 76.1 Å². The van der Waals surface area contributed by atoms with Crippen molar-refractivity contribution in [2.45, 2.75) is 51.2 Å². The number of rotatable bonds is 10. The minimum absolute atomic E-state index is 0. The Morgan fingerprint density at radius 2 is 2.14 bits per heavy atom. The van der Waals surface area contributed by atoms with Crippen molar-refractivity contribution in [3.05, 3.63) is 23.9 Å². The molecule has 1 unspecified atom stereocenters. The minimum atomic E-state index is 0. The number of hydrogen-bond donors (Lipinski definition) is 2. The van der Waals surface area contributed by atoms with Crippen LogP contribution >= 0.6 is 24.0 Å². The Hall–Kier alpha value is -1.13. The van der Waals surface area contributed by atoms with Crippen LogP contribution in [0.15, 0.2) is 23.3 Å². The fraction of sp³-hybridized carbons (Fsp3) is 0.714. The average molecular weight is 518 g/mol. The molecule has 7 nitrogen and oxygen atoms in total. The molecule has 1 saturated heterocycles. The highest BCUT2D eigenvalue weighted by atomic mass is 127. The van der Waals surface area contributed by atoms with Crippen molar-refractivity contribution in [1.82, 2.24) is 15.6 Å². The van der Waals surface area contributed by atoms with Gasteiger partial charge in [0.2, 0.25) is 5.88 Å². The van der Waals surface area contributed by atoms with E-state index in [1.54, 1.807) is 7.05 Å². The molecule has 164 valence electrons. The predicted molar refractivity (Wildman–Crippen MR) is 125 cm³/mol. The van der Waals surface area contributed by atoms with Gasteiger partial charge in [-0.1, -0.05) is 0 Å². The second-order valence-corrected chi connectivity index (χ2v) is 7.54. The molecule has 29 heavy (non-hydrogen) atoms. The summed E-state index contributed by atoms with van der Waals surface area (Å²) < 4.78 is 17.1. The molecule has 1 aromatic heterocycles. The van der Waals surface area contributed by atoms with Crippen molar-refractivity contribution in [3.8, 4) is 5.88 Å². The van der Waals surface area contributed by atoms with Crippen LogP contribution in [0.2, 0.25) is 0 Å². The minimum Gasteiger partial charge on any atom is -0.474 e. The summed E-state index contributed by atoms with van der Waals surface area (Å²) in [5.41, 5.74) is 1.13. The van der Waals surface area contributed by atoms with Gasteiger partial charge >= 0.3 is 0 Å². The van der Waals surface area contributed by atoms with Gasteiger partial charge in [0, 0.05) is 51.5 Å². The first-order valence-corrected chi connectivity index (χ1v) is 10.5. The summed E-state index contributed by atoms with van der Waals surface area (Å²) in [4.78, 5) is 8.62. The highest BCUT2D eigenvalue weighted by molar-refractivity contribution is 14.0. The molecular weight excluding hydrogens is 483 g/mol. The average Bonchev–Trinajstić information content (AvgIpc) is 3.41. The number of nitrogens with zero attached hydrogens (tertiary/aromatic N) is 2. The lowest BCUT2D eigenvalue weighted by molar-refractivity contribution is 0.0888. The van der Waals surface area contributed by atoms with Crippen molar-refractivity contribution in [2.75, 3.05) is 40.0 Å². The number of hydrogen-bond acceptors (Lipinski definition) is 5.